The molecule has 1 N–H and O–H groups in total. The summed E-state index contributed by atoms with van der Waals surface area (Å²) in [5, 5.41) is 4.03. The first-order valence-corrected chi connectivity index (χ1v) is 14.6. The quantitative estimate of drug-likeness (QED) is 0.116. The number of hydrogen-bond donors (Lipinski definition) is 1. The molecule has 0 unspecified atom stereocenters. The van der Waals surface area contributed by atoms with Crippen LogP contribution in [0.25, 0.3) is 0 Å². The summed E-state index contributed by atoms with van der Waals surface area (Å²) in [6.45, 7) is 2.38. The highest BCUT2D eigenvalue weighted by Crippen LogP contribution is 2.38. The van der Waals surface area contributed by atoms with Crippen LogP contribution in [0, 0.1) is 0 Å². The summed E-state index contributed by atoms with van der Waals surface area (Å²) in [5.74, 6) is 0.626. The van der Waals surface area contributed by atoms with E-state index in [2.05, 4.69) is 26.5 Å². The predicted octanol–water partition coefficient (Wildman–Crippen LogP) is 5.97. The average molecular weight is 640 g/mol. The highest BCUT2D eigenvalue weighted by molar-refractivity contribution is 9.10. The van der Waals surface area contributed by atoms with E-state index in [1.54, 1.807) is 55.5 Å². The summed E-state index contributed by atoms with van der Waals surface area (Å²) in [6, 6.07) is 25.5. The Morgan fingerprint density at radius 2 is 1.61 bits per heavy atom. The number of benzene rings is 4. The second-order valence-electron chi connectivity index (χ2n) is 8.45. The van der Waals surface area contributed by atoms with Crippen LogP contribution in [0.2, 0.25) is 0 Å². The van der Waals surface area contributed by atoms with Crippen LogP contribution in [0.1, 0.15) is 28.4 Å². The van der Waals surface area contributed by atoms with E-state index in [9.17, 15) is 13.2 Å². The number of hydrazone groups is 1. The number of rotatable bonds is 12. The zero-order valence-corrected chi connectivity index (χ0v) is 24.6. The van der Waals surface area contributed by atoms with Crippen molar-refractivity contribution in [2.75, 3.05) is 13.7 Å². The molecule has 1 amide bonds. The minimum atomic E-state index is -4.10. The molecule has 0 spiro atoms. The zero-order valence-electron chi connectivity index (χ0n) is 22.2. The second-order valence-corrected chi connectivity index (χ2v) is 10.9. The number of nitrogens with zero attached hydrogens (tertiary/aromatic N) is 1. The van der Waals surface area contributed by atoms with Crippen molar-refractivity contribution in [2.24, 2.45) is 5.10 Å². The summed E-state index contributed by atoms with van der Waals surface area (Å²) in [4.78, 5) is 12.7. The van der Waals surface area contributed by atoms with Gasteiger partial charge >= 0.3 is 10.1 Å². The molecular weight excluding hydrogens is 612 g/mol. The molecule has 9 nitrogen and oxygen atoms in total. The van der Waals surface area contributed by atoms with Crippen molar-refractivity contribution >= 4 is 38.2 Å². The SMILES string of the molecule is CCOc1cc(/C=N/NC(=O)c2ccc(OCc3ccccc3)c(OC)c2)cc(Br)c1OS(=O)(=O)c1ccccc1. The molecule has 0 saturated heterocycles. The largest absolute Gasteiger partial charge is 0.493 e. The molecule has 0 aromatic heterocycles. The van der Waals surface area contributed by atoms with Gasteiger partial charge < -0.3 is 18.4 Å². The Labute approximate surface area is 247 Å². The maximum absolute atomic E-state index is 12.8. The Hall–Kier alpha value is -4.35. The van der Waals surface area contributed by atoms with Gasteiger partial charge in [-0.2, -0.15) is 13.5 Å². The normalized spacial score (nSPS) is 11.2. The molecule has 0 heterocycles. The van der Waals surface area contributed by atoms with Crippen LogP contribution in [0.5, 0.6) is 23.0 Å². The molecule has 212 valence electrons. The van der Waals surface area contributed by atoms with E-state index in [4.69, 9.17) is 18.4 Å². The van der Waals surface area contributed by atoms with Crippen LogP contribution in [0.4, 0.5) is 0 Å². The lowest BCUT2D eigenvalue weighted by Gasteiger charge is -2.14. The van der Waals surface area contributed by atoms with Crippen molar-refractivity contribution in [2.45, 2.75) is 18.4 Å². The van der Waals surface area contributed by atoms with Crippen LogP contribution < -0.4 is 23.8 Å². The first-order valence-electron chi connectivity index (χ1n) is 12.4. The minimum Gasteiger partial charge on any atom is -0.493 e. The maximum atomic E-state index is 12.8. The van der Waals surface area contributed by atoms with Gasteiger partial charge in [-0.05, 0) is 76.4 Å². The first-order chi connectivity index (χ1) is 19.8. The minimum absolute atomic E-state index is 0.00134. The Kier molecular flexibility index (Phi) is 9.99. The van der Waals surface area contributed by atoms with Gasteiger partial charge in [-0.1, -0.05) is 48.5 Å². The summed E-state index contributed by atoms with van der Waals surface area (Å²) in [6.07, 6.45) is 1.40. The Bertz CT molecular complexity index is 1630. The Morgan fingerprint density at radius 3 is 2.29 bits per heavy atom. The number of methoxy groups -OCH3 is 1. The van der Waals surface area contributed by atoms with E-state index < -0.39 is 16.0 Å². The van der Waals surface area contributed by atoms with E-state index in [1.807, 2.05) is 30.3 Å². The maximum Gasteiger partial charge on any atom is 0.339 e. The third-order valence-electron chi connectivity index (χ3n) is 5.60. The zero-order chi connectivity index (χ0) is 29.2. The van der Waals surface area contributed by atoms with Gasteiger partial charge in [0, 0.05) is 5.56 Å². The lowest BCUT2D eigenvalue weighted by atomic mass is 10.2. The van der Waals surface area contributed by atoms with Crippen molar-refractivity contribution in [3.05, 3.63) is 112 Å². The molecule has 0 radical (unpaired) electrons. The third kappa shape index (κ3) is 7.86. The fourth-order valence-electron chi connectivity index (χ4n) is 3.64. The second kappa shape index (κ2) is 13.8. The van der Waals surface area contributed by atoms with Gasteiger partial charge in [-0.3, -0.25) is 4.79 Å². The average Bonchev–Trinajstić information content (AvgIpc) is 2.99. The summed E-state index contributed by atoms with van der Waals surface area (Å²) in [5.41, 5.74) is 4.31. The van der Waals surface area contributed by atoms with Crippen molar-refractivity contribution < 1.29 is 31.6 Å². The van der Waals surface area contributed by atoms with Crippen molar-refractivity contribution in [1.82, 2.24) is 5.43 Å². The Morgan fingerprint density at radius 1 is 0.902 bits per heavy atom. The smallest absolute Gasteiger partial charge is 0.339 e. The topological polar surface area (TPSA) is 113 Å². The summed E-state index contributed by atoms with van der Waals surface area (Å²) >= 11 is 3.36. The van der Waals surface area contributed by atoms with Crippen LogP contribution in [-0.4, -0.2) is 34.3 Å². The fourth-order valence-corrected chi connectivity index (χ4v) is 5.27. The van der Waals surface area contributed by atoms with E-state index in [0.29, 0.717) is 33.7 Å². The van der Waals surface area contributed by atoms with E-state index in [-0.39, 0.29) is 23.0 Å². The molecular formula is C30H27BrN2O7S. The van der Waals surface area contributed by atoms with E-state index >= 15 is 0 Å². The molecule has 0 aliphatic heterocycles. The van der Waals surface area contributed by atoms with E-state index in [0.717, 1.165) is 5.56 Å². The molecule has 0 bridgehead atoms. The van der Waals surface area contributed by atoms with Gasteiger partial charge in [0.1, 0.15) is 11.5 Å². The molecule has 41 heavy (non-hydrogen) atoms. The van der Waals surface area contributed by atoms with Crippen molar-refractivity contribution in [3.8, 4) is 23.0 Å². The number of ether oxygens (including phenoxy) is 3. The molecule has 4 aromatic carbocycles. The molecule has 0 aliphatic carbocycles. The lowest BCUT2D eigenvalue weighted by molar-refractivity contribution is 0.0954. The molecule has 0 aliphatic rings. The number of amides is 1. The number of hydrogen-bond acceptors (Lipinski definition) is 8. The van der Waals surface area contributed by atoms with E-state index in [1.165, 1.54) is 25.5 Å². The molecule has 0 atom stereocenters. The number of carbonyl (C=O) groups excluding carboxylic acids is 1. The number of carbonyl (C=O) groups is 1. The predicted molar refractivity (Wildman–Crippen MR) is 158 cm³/mol. The highest BCUT2D eigenvalue weighted by Gasteiger charge is 2.22. The van der Waals surface area contributed by atoms with Crippen LogP contribution in [-0.2, 0) is 16.7 Å². The van der Waals surface area contributed by atoms with Gasteiger partial charge in [0.2, 0.25) is 0 Å². The number of halogens is 1. The van der Waals surface area contributed by atoms with Gasteiger partial charge in [0.15, 0.2) is 23.0 Å². The fraction of sp³-hybridized carbons (Fsp3) is 0.133. The molecule has 4 aromatic rings. The lowest BCUT2D eigenvalue weighted by Crippen LogP contribution is -2.17. The van der Waals surface area contributed by atoms with Gasteiger partial charge in [0.25, 0.3) is 5.91 Å². The first kappa shape index (κ1) is 29.6. The standard InChI is InChI=1S/C30H27BrN2O7S/c1-3-38-28-17-22(16-25(31)29(28)40-41(35,36)24-12-8-5-9-13-24)19-32-33-30(34)23-14-15-26(27(18-23)37-2)39-20-21-10-6-4-7-11-21/h4-19H,3,20H2,1-2H3,(H,33,34)/b32-19+. The Balaban J connectivity index is 1.45. The molecule has 11 heteroatoms. The van der Waals surface area contributed by atoms with Gasteiger partial charge in [-0.15, -0.1) is 0 Å². The van der Waals surface area contributed by atoms with Gasteiger partial charge in [-0.25, -0.2) is 5.43 Å². The monoisotopic (exact) mass is 638 g/mol. The molecule has 0 fully saturated rings. The van der Waals surface area contributed by atoms with Crippen molar-refractivity contribution in [1.29, 1.82) is 0 Å². The molecule has 0 saturated carbocycles. The van der Waals surface area contributed by atoms with Crippen LogP contribution in [0.15, 0.2) is 105 Å². The number of nitrogens with one attached hydrogen (secondary N) is 1. The van der Waals surface area contributed by atoms with Crippen LogP contribution >= 0.6 is 15.9 Å². The van der Waals surface area contributed by atoms with Crippen molar-refractivity contribution in [3.63, 3.8) is 0 Å². The van der Waals surface area contributed by atoms with Gasteiger partial charge in [0.05, 0.1) is 24.4 Å². The highest BCUT2D eigenvalue weighted by atomic mass is 79.9. The summed E-state index contributed by atoms with van der Waals surface area (Å²) in [7, 11) is -2.60. The molecule has 4 rings (SSSR count). The third-order valence-corrected chi connectivity index (χ3v) is 7.42. The summed E-state index contributed by atoms with van der Waals surface area (Å²) < 4.78 is 48.1. The van der Waals surface area contributed by atoms with Crippen LogP contribution in [0.3, 0.4) is 0 Å².